The maximum atomic E-state index is 5.11. The molecule has 1 aliphatic heterocycles. The van der Waals surface area contributed by atoms with Crippen LogP contribution in [0, 0.1) is 0 Å². The van der Waals surface area contributed by atoms with Crippen molar-refractivity contribution in [1.29, 1.82) is 0 Å². The summed E-state index contributed by atoms with van der Waals surface area (Å²) in [5.74, 6) is 1.00. The number of nitrogens with zero attached hydrogens (tertiary/aromatic N) is 3. The molecule has 1 atom stereocenters. The van der Waals surface area contributed by atoms with Crippen molar-refractivity contribution >= 4 is 18.2 Å². The zero-order chi connectivity index (χ0) is 15.8. The summed E-state index contributed by atoms with van der Waals surface area (Å²) in [5, 5.41) is 3.46. The second kappa shape index (κ2) is 10.8. The fourth-order valence-electron chi connectivity index (χ4n) is 2.94. The van der Waals surface area contributed by atoms with Crippen molar-refractivity contribution in [2.75, 3.05) is 51.8 Å². The molecule has 2 heterocycles. The van der Waals surface area contributed by atoms with Crippen LogP contribution in [0.15, 0.2) is 18.3 Å². The summed E-state index contributed by atoms with van der Waals surface area (Å²) in [5.41, 5.74) is 1.30. The third kappa shape index (κ3) is 6.26. The Morgan fingerprint density at radius 2 is 2.17 bits per heavy atom. The van der Waals surface area contributed by atoms with Gasteiger partial charge < -0.3 is 15.0 Å². The first kappa shape index (κ1) is 20.2. The van der Waals surface area contributed by atoms with E-state index in [0.29, 0.717) is 6.04 Å². The molecule has 1 saturated heterocycles. The first-order chi connectivity index (χ1) is 10.7. The number of anilines is 1. The molecular formula is C17H31ClN4O. The van der Waals surface area contributed by atoms with Crippen molar-refractivity contribution in [3.8, 4) is 0 Å². The van der Waals surface area contributed by atoms with Crippen molar-refractivity contribution in [1.82, 2.24) is 15.2 Å². The predicted octanol–water partition coefficient (Wildman–Crippen LogP) is 2.16. The first-order valence-corrected chi connectivity index (χ1v) is 8.34. The van der Waals surface area contributed by atoms with Gasteiger partial charge in [0.15, 0.2) is 0 Å². The molecule has 1 aliphatic rings. The Bertz CT molecular complexity index is 423. The lowest BCUT2D eigenvalue weighted by molar-refractivity contribution is 0.199. The van der Waals surface area contributed by atoms with E-state index in [0.717, 1.165) is 45.1 Å². The van der Waals surface area contributed by atoms with Crippen molar-refractivity contribution < 1.29 is 4.74 Å². The quantitative estimate of drug-likeness (QED) is 0.744. The molecule has 0 spiro atoms. The molecule has 1 unspecified atom stereocenters. The number of halogens is 1. The summed E-state index contributed by atoms with van der Waals surface area (Å²) in [7, 11) is 3.78. The molecule has 6 heteroatoms. The highest BCUT2D eigenvalue weighted by atomic mass is 35.5. The van der Waals surface area contributed by atoms with Gasteiger partial charge in [0.2, 0.25) is 0 Å². The molecule has 23 heavy (non-hydrogen) atoms. The van der Waals surface area contributed by atoms with E-state index in [-0.39, 0.29) is 12.4 Å². The lowest BCUT2D eigenvalue weighted by Gasteiger charge is -2.28. The van der Waals surface area contributed by atoms with Crippen molar-refractivity contribution in [3.05, 3.63) is 23.9 Å². The fourth-order valence-corrected chi connectivity index (χ4v) is 2.94. The number of ether oxygens (including phenoxy) is 1. The van der Waals surface area contributed by atoms with Gasteiger partial charge in [-0.1, -0.05) is 13.0 Å². The molecule has 0 saturated carbocycles. The molecule has 132 valence electrons. The molecular weight excluding hydrogens is 312 g/mol. The zero-order valence-corrected chi connectivity index (χ0v) is 15.4. The third-order valence-corrected chi connectivity index (χ3v) is 4.28. The van der Waals surface area contributed by atoms with Gasteiger partial charge in [0.05, 0.1) is 6.61 Å². The summed E-state index contributed by atoms with van der Waals surface area (Å²) >= 11 is 0. The second-order valence-electron chi connectivity index (χ2n) is 6.06. The number of hydrogen-bond acceptors (Lipinski definition) is 5. The van der Waals surface area contributed by atoms with E-state index in [2.05, 4.69) is 46.2 Å². The molecule has 1 aromatic rings. The lowest BCUT2D eigenvalue weighted by atomic mass is 10.1. The summed E-state index contributed by atoms with van der Waals surface area (Å²) in [4.78, 5) is 9.31. The summed E-state index contributed by atoms with van der Waals surface area (Å²) in [6.45, 7) is 8.24. The van der Waals surface area contributed by atoms with Crippen LogP contribution in [-0.2, 0) is 11.3 Å². The second-order valence-corrected chi connectivity index (χ2v) is 6.06. The van der Waals surface area contributed by atoms with Gasteiger partial charge in [0, 0.05) is 46.0 Å². The van der Waals surface area contributed by atoms with E-state index >= 15 is 0 Å². The van der Waals surface area contributed by atoms with Crippen LogP contribution in [0.4, 0.5) is 5.82 Å². The Morgan fingerprint density at radius 3 is 2.74 bits per heavy atom. The van der Waals surface area contributed by atoms with E-state index in [9.17, 15) is 0 Å². The Labute approximate surface area is 146 Å². The van der Waals surface area contributed by atoms with Gasteiger partial charge in [-0.05, 0) is 37.6 Å². The van der Waals surface area contributed by atoms with Crippen LogP contribution >= 0.6 is 12.4 Å². The van der Waals surface area contributed by atoms with Gasteiger partial charge in [0.25, 0.3) is 0 Å². The summed E-state index contributed by atoms with van der Waals surface area (Å²) < 4.78 is 5.11. The molecule has 2 rings (SSSR count). The number of likely N-dealkylation sites (N-methyl/N-ethyl adjacent to an activating group) is 1. The van der Waals surface area contributed by atoms with Crippen LogP contribution in [-0.4, -0.2) is 62.9 Å². The standard InChI is InChI=1S/C17H30N4O.ClH/c1-4-9-21(16-7-8-18-13-16)14-15-5-6-17(19-12-15)20(2)10-11-22-3;/h5-6,12,16,18H,4,7-11,13-14H2,1-3H3;1H. The minimum atomic E-state index is 0. The summed E-state index contributed by atoms with van der Waals surface area (Å²) in [6.07, 6.45) is 4.47. The number of rotatable bonds is 9. The first-order valence-electron chi connectivity index (χ1n) is 8.34. The molecule has 1 N–H and O–H groups in total. The largest absolute Gasteiger partial charge is 0.383 e. The average Bonchev–Trinajstić information content (AvgIpc) is 3.07. The van der Waals surface area contributed by atoms with Crippen LogP contribution in [0.3, 0.4) is 0 Å². The molecule has 5 nitrogen and oxygen atoms in total. The normalized spacial score (nSPS) is 17.3. The summed E-state index contributed by atoms with van der Waals surface area (Å²) in [6, 6.07) is 4.99. The van der Waals surface area contributed by atoms with E-state index in [1.54, 1.807) is 7.11 Å². The van der Waals surface area contributed by atoms with Gasteiger partial charge in [0.1, 0.15) is 5.82 Å². The van der Waals surface area contributed by atoms with E-state index in [4.69, 9.17) is 4.74 Å². The molecule has 0 aromatic carbocycles. The van der Waals surface area contributed by atoms with Crippen LogP contribution in [0.5, 0.6) is 0 Å². The third-order valence-electron chi connectivity index (χ3n) is 4.28. The molecule has 0 amide bonds. The Hall–Kier alpha value is -0.880. The van der Waals surface area contributed by atoms with Gasteiger partial charge in [-0.25, -0.2) is 4.98 Å². The highest BCUT2D eigenvalue weighted by Gasteiger charge is 2.21. The molecule has 0 radical (unpaired) electrons. The van der Waals surface area contributed by atoms with Crippen molar-refractivity contribution in [3.63, 3.8) is 0 Å². The monoisotopic (exact) mass is 342 g/mol. The van der Waals surface area contributed by atoms with E-state index in [1.807, 2.05) is 6.20 Å². The van der Waals surface area contributed by atoms with Crippen molar-refractivity contribution in [2.24, 2.45) is 0 Å². The lowest BCUT2D eigenvalue weighted by Crippen LogP contribution is -2.36. The highest BCUT2D eigenvalue weighted by molar-refractivity contribution is 5.85. The number of aromatic nitrogens is 1. The molecule has 0 bridgehead atoms. The van der Waals surface area contributed by atoms with Gasteiger partial charge >= 0.3 is 0 Å². The number of methoxy groups -OCH3 is 1. The van der Waals surface area contributed by atoms with E-state index < -0.39 is 0 Å². The predicted molar refractivity (Wildman–Crippen MR) is 98.6 cm³/mol. The number of pyridine rings is 1. The van der Waals surface area contributed by atoms with Crippen LogP contribution < -0.4 is 10.2 Å². The van der Waals surface area contributed by atoms with Gasteiger partial charge in [-0.3, -0.25) is 4.90 Å². The van der Waals surface area contributed by atoms with Crippen LogP contribution in [0.2, 0.25) is 0 Å². The maximum absolute atomic E-state index is 5.11. The smallest absolute Gasteiger partial charge is 0.128 e. The molecule has 0 aliphatic carbocycles. The Kier molecular flexibility index (Phi) is 9.48. The Morgan fingerprint density at radius 1 is 1.35 bits per heavy atom. The maximum Gasteiger partial charge on any atom is 0.128 e. The highest BCUT2D eigenvalue weighted by Crippen LogP contribution is 2.15. The molecule has 1 fully saturated rings. The number of nitrogens with one attached hydrogen (secondary N) is 1. The van der Waals surface area contributed by atoms with Crippen LogP contribution in [0.1, 0.15) is 25.3 Å². The van der Waals surface area contributed by atoms with Crippen molar-refractivity contribution in [2.45, 2.75) is 32.4 Å². The fraction of sp³-hybridized carbons (Fsp3) is 0.706. The molecule has 1 aromatic heterocycles. The number of hydrogen-bond donors (Lipinski definition) is 1. The topological polar surface area (TPSA) is 40.6 Å². The van der Waals surface area contributed by atoms with Gasteiger partial charge in [-0.2, -0.15) is 0 Å². The minimum absolute atomic E-state index is 0. The van der Waals surface area contributed by atoms with E-state index in [1.165, 1.54) is 18.4 Å². The SMILES string of the molecule is CCCN(Cc1ccc(N(C)CCOC)nc1)C1CCNC1.Cl. The minimum Gasteiger partial charge on any atom is -0.383 e. The van der Waals surface area contributed by atoms with Gasteiger partial charge in [-0.15, -0.1) is 12.4 Å². The Balaban J connectivity index is 0.00000264. The van der Waals surface area contributed by atoms with Crippen LogP contribution in [0.25, 0.3) is 0 Å². The average molecular weight is 343 g/mol. The zero-order valence-electron chi connectivity index (χ0n) is 14.6.